The summed E-state index contributed by atoms with van der Waals surface area (Å²) in [6.07, 6.45) is 2.19. The van der Waals surface area contributed by atoms with Crippen LogP contribution in [0.1, 0.15) is 36.5 Å². The van der Waals surface area contributed by atoms with E-state index in [2.05, 4.69) is 11.6 Å². The van der Waals surface area contributed by atoms with Gasteiger partial charge in [-0.3, -0.25) is 4.79 Å². The van der Waals surface area contributed by atoms with E-state index in [1.165, 1.54) is 31.0 Å². The number of hydrogen-bond donors (Lipinski definition) is 1. The molecule has 3 rings (SSSR count). The lowest BCUT2D eigenvalue weighted by Gasteiger charge is -2.29. The van der Waals surface area contributed by atoms with Gasteiger partial charge in [0.2, 0.25) is 5.91 Å². The van der Waals surface area contributed by atoms with Crippen molar-refractivity contribution in [2.24, 2.45) is 0 Å². The Bertz CT molecular complexity index is 802. The van der Waals surface area contributed by atoms with Crippen LogP contribution in [0.3, 0.4) is 0 Å². The van der Waals surface area contributed by atoms with Gasteiger partial charge in [0.05, 0.1) is 0 Å². The van der Waals surface area contributed by atoms with Crippen LogP contribution in [0.25, 0.3) is 0 Å². The third kappa shape index (κ3) is 4.01. The van der Waals surface area contributed by atoms with Crippen molar-refractivity contribution in [2.75, 3.05) is 16.2 Å². The predicted octanol–water partition coefficient (Wildman–Crippen LogP) is 5.22. The number of amides is 1. The second-order valence-electron chi connectivity index (χ2n) is 6.46. The van der Waals surface area contributed by atoms with Crippen molar-refractivity contribution in [3.63, 3.8) is 0 Å². The van der Waals surface area contributed by atoms with Crippen LogP contribution in [0.5, 0.6) is 0 Å². The van der Waals surface area contributed by atoms with E-state index in [1.807, 2.05) is 23.1 Å². The molecule has 1 N–H and O–H groups in total. The molecule has 26 heavy (non-hydrogen) atoms. The number of nitrogens with zero attached hydrogens (tertiary/aromatic N) is 1. The Morgan fingerprint density at radius 3 is 2.58 bits per heavy atom. The first-order chi connectivity index (χ1) is 12.5. The Hall–Kier alpha value is -2.08. The normalized spacial score (nSPS) is 13.7. The van der Waals surface area contributed by atoms with E-state index < -0.39 is 11.6 Å². The van der Waals surface area contributed by atoms with Gasteiger partial charge >= 0.3 is 0 Å². The topological polar surface area (TPSA) is 32.3 Å². The van der Waals surface area contributed by atoms with Crippen LogP contribution in [-0.4, -0.2) is 12.5 Å². The molecule has 1 aliphatic rings. The second-order valence-corrected chi connectivity index (χ2v) is 7.25. The number of carbonyl (C=O) groups excluding carboxylic acids is 1. The minimum absolute atomic E-state index is 0.0487. The van der Waals surface area contributed by atoms with Gasteiger partial charge in [0, 0.05) is 35.7 Å². The molecule has 0 saturated heterocycles. The average molecular weight is 376 g/mol. The van der Waals surface area contributed by atoms with Gasteiger partial charge in [-0.05, 0) is 73.2 Å². The molecule has 0 atom stereocenters. The summed E-state index contributed by atoms with van der Waals surface area (Å²) in [6.45, 7) is 4.22. The monoisotopic (exact) mass is 376 g/mol. The molecule has 1 heterocycles. The number of carbonyl (C=O) groups is 1. The Morgan fingerprint density at radius 2 is 1.88 bits per heavy atom. The molecule has 1 aliphatic heterocycles. The molecular weight excluding hydrogens is 354 g/mol. The summed E-state index contributed by atoms with van der Waals surface area (Å²) >= 11 is 1.38. The Labute approximate surface area is 156 Å². The molecule has 138 valence electrons. The van der Waals surface area contributed by atoms with Crippen LogP contribution in [0.4, 0.5) is 20.2 Å². The Kier molecular flexibility index (Phi) is 5.81. The summed E-state index contributed by atoms with van der Waals surface area (Å²) in [7, 11) is 0. The van der Waals surface area contributed by atoms with Gasteiger partial charge in [-0.2, -0.15) is 0 Å². The molecule has 0 bridgehead atoms. The zero-order valence-corrected chi connectivity index (χ0v) is 15.8. The Balaban J connectivity index is 1.66. The summed E-state index contributed by atoms with van der Waals surface area (Å²) in [5.74, 6) is -0.408. The second kappa shape index (κ2) is 8.08. The number of benzene rings is 2. The van der Waals surface area contributed by atoms with Crippen molar-refractivity contribution in [1.82, 2.24) is 0 Å². The fourth-order valence-electron chi connectivity index (χ4n) is 3.08. The maximum atomic E-state index is 13.6. The molecular formula is C20H22F2N2OS. The van der Waals surface area contributed by atoms with E-state index in [0.29, 0.717) is 17.7 Å². The van der Waals surface area contributed by atoms with E-state index in [1.54, 1.807) is 0 Å². The number of rotatable bonds is 6. The van der Waals surface area contributed by atoms with Gasteiger partial charge in [-0.15, -0.1) is 0 Å². The first-order valence-corrected chi connectivity index (χ1v) is 9.73. The summed E-state index contributed by atoms with van der Waals surface area (Å²) in [6, 6.07) is 8.69. The average Bonchev–Trinajstić information content (AvgIpc) is 2.62. The SMILES string of the molecule is CCCN1C(=O)CCc2cc(NSCc3cc(F)c(C)c(F)c3)ccc21. The molecule has 3 nitrogen and oxygen atoms in total. The number of aryl methyl sites for hydroxylation is 1. The first kappa shape index (κ1) is 18.7. The first-order valence-electron chi connectivity index (χ1n) is 8.75. The largest absolute Gasteiger partial charge is 0.329 e. The van der Waals surface area contributed by atoms with Gasteiger partial charge < -0.3 is 9.62 Å². The highest BCUT2D eigenvalue weighted by molar-refractivity contribution is 7.99. The van der Waals surface area contributed by atoms with Gasteiger partial charge in [0.15, 0.2) is 0 Å². The third-order valence-electron chi connectivity index (χ3n) is 4.50. The van der Waals surface area contributed by atoms with Crippen LogP contribution < -0.4 is 9.62 Å². The van der Waals surface area contributed by atoms with Crippen LogP contribution in [-0.2, 0) is 17.0 Å². The standard InChI is InChI=1S/C20H22F2N2OS/c1-3-8-24-19-6-5-16(11-15(19)4-7-20(24)25)23-26-12-14-9-17(21)13(2)18(22)10-14/h5-6,9-11,23H,3-4,7-8,12H2,1-2H3. The molecule has 0 aromatic heterocycles. The lowest BCUT2D eigenvalue weighted by molar-refractivity contribution is -0.118. The van der Waals surface area contributed by atoms with E-state index in [0.717, 1.165) is 36.3 Å². The summed E-state index contributed by atoms with van der Waals surface area (Å²) in [5, 5.41) is 0. The van der Waals surface area contributed by atoms with Crippen molar-refractivity contribution >= 4 is 29.2 Å². The van der Waals surface area contributed by atoms with Gasteiger partial charge in [-0.1, -0.05) is 6.92 Å². The van der Waals surface area contributed by atoms with Crippen molar-refractivity contribution < 1.29 is 13.6 Å². The Morgan fingerprint density at radius 1 is 1.15 bits per heavy atom. The van der Waals surface area contributed by atoms with Gasteiger partial charge in [0.1, 0.15) is 11.6 Å². The summed E-state index contributed by atoms with van der Waals surface area (Å²) in [4.78, 5) is 13.9. The van der Waals surface area contributed by atoms with Gasteiger partial charge in [-0.25, -0.2) is 8.78 Å². The zero-order chi connectivity index (χ0) is 18.7. The molecule has 2 aromatic carbocycles. The molecule has 0 spiro atoms. The lowest BCUT2D eigenvalue weighted by Crippen LogP contribution is -2.35. The van der Waals surface area contributed by atoms with E-state index >= 15 is 0 Å². The van der Waals surface area contributed by atoms with Crippen molar-refractivity contribution in [1.29, 1.82) is 0 Å². The van der Waals surface area contributed by atoms with Crippen LogP contribution in [0, 0.1) is 18.6 Å². The number of halogens is 2. The van der Waals surface area contributed by atoms with Crippen molar-refractivity contribution in [3.8, 4) is 0 Å². The molecule has 0 saturated carbocycles. The molecule has 0 radical (unpaired) electrons. The number of anilines is 2. The fraction of sp³-hybridized carbons (Fsp3) is 0.350. The minimum atomic E-state index is -0.518. The number of fused-ring (bicyclic) bond motifs is 1. The van der Waals surface area contributed by atoms with Crippen LogP contribution in [0.15, 0.2) is 30.3 Å². The number of nitrogens with one attached hydrogen (secondary N) is 1. The van der Waals surface area contributed by atoms with Crippen molar-refractivity contribution in [3.05, 3.63) is 58.7 Å². The van der Waals surface area contributed by atoms with Crippen molar-refractivity contribution in [2.45, 2.75) is 38.9 Å². The zero-order valence-electron chi connectivity index (χ0n) is 14.9. The van der Waals surface area contributed by atoms with E-state index in [9.17, 15) is 13.6 Å². The maximum absolute atomic E-state index is 13.6. The third-order valence-corrected chi connectivity index (χ3v) is 5.35. The van der Waals surface area contributed by atoms with E-state index in [-0.39, 0.29) is 11.5 Å². The molecule has 2 aromatic rings. The quantitative estimate of drug-likeness (QED) is 0.701. The van der Waals surface area contributed by atoms with Crippen LogP contribution in [0.2, 0.25) is 0 Å². The highest BCUT2D eigenvalue weighted by atomic mass is 32.2. The molecule has 6 heteroatoms. The molecule has 0 aliphatic carbocycles. The summed E-state index contributed by atoms with van der Waals surface area (Å²) < 4.78 is 30.4. The highest BCUT2D eigenvalue weighted by Gasteiger charge is 2.23. The highest BCUT2D eigenvalue weighted by Crippen LogP contribution is 2.31. The summed E-state index contributed by atoms with van der Waals surface area (Å²) in [5.41, 5.74) is 3.71. The molecule has 0 fully saturated rings. The maximum Gasteiger partial charge on any atom is 0.227 e. The molecule has 1 amide bonds. The minimum Gasteiger partial charge on any atom is -0.329 e. The van der Waals surface area contributed by atoms with E-state index in [4.69, 9.17) is 0 Å². The molecule has 0 unspecified atom stereocenters. The van der Waals surface area contributed by atoms with Crippen LogP contribution >= 0.6 is 11.9 Å². The fourth-order valence-corrected chi connectivity index (χ4v) is 3.78. The predicted molar refractivity (Wildman–Crippen MR) is 103 cm³/mol. The van der Waals surface area contributed by atoms with Gasteiger partial charge in [0.25, 0.3) is 0 Å². The lowest BCUT2D eigenvalue weighted by atomic mass is 10.0. The number of hydrogen-bond acceptors (Lipinski definition) is 3. The smallest absolute Gasteiger partial charge is 0.227 e.